The Bertz CT molecular complexity index is 382. The number of nitrogens with two attached hydrogens (primary N) is 1. The molecular weight excluding hydrogens is 216 g/mol. The van der Waals surface area contributed by atoms with Crippen molar-refractivity contribution in [3.63, 3.8) is 0 Å². The van der Waals surface area contributed by atoms with Crippen LogP contribution in [0.5, 0.6) is 11.5 Å². The molecule has 2 rings (SSSR count). The van der Waals surface area contributed by atoms with Gasteiger partial charge in [0, 0.05) is 19.1 Å². The number of ether oxygens (including phenoxy) is 2. The van der Waals surface area contributed by atoms with Crippen molar-refractivity contribution in [3.8, 4) is 11.5 Å². The van der Waals surface area contributed by atoms with Crippen LogP contribution in [0.1, 0.15) is 25.5 Å². The van der Waals surface area contributed by atoms with E-state index in [4.69, 9.17) is 15.2 Å². The molecule has 1 heterocycles. The van der Waals surface area contributed by atoms with Crippen molar-refractivity contribution in [2.24, 2.45) is 5.73 Å². The van der Waals surface area contributed by atoms with E-state index in [0.717, 1.165) is 24.6 Å². The Balaban J connectivity index is 2.15. The first-order chi connectivity index (χ1) is 8.26. The average Bonchev–Trinajstić information content (AvgIpc) is 2.82. The molecule has 0 radical (unpaired) electrons. The molecule has 4 nitrogen and oxygen atoms in total. The first kappa shape index (κ1) is 12.2. The van der Waals surface area contributed by atoms with E-state index in [1.54, 1.807) is 0 Å². The third-order valence-electron chi connectivity index (χ3n) is 3.25. The van der Waals surface area contributed by atoms with Gasteiger partial charge >= 0.3 is 0 Å². The second-order valence-corrected chi connectivity index (χ2v) is 4.21. The molecule has 0 aliphatic carbocycles. The molecule has 94 valence electrons. The van der Waals surface area contributed by atoms with E-state index in [1.165, 1.54) is 5.56 Å². The maximum absolute atomic E-state index is 5.62. The maximum Gasteiger partial charge on any atom is 0.231 e. The van der Waals surface area contributed by atoms with Gasteiger partial charge in [-0.25, -0.2) is 0 Å². The smallest absolute Gasteiger partial charge is 0.231 e. The highest BCUT2D eigenvalue weighted by Crippen LogP contribution is 2.35. The lowest BCUT2D eigenvalue weighted by Crippen LogP contribution is -2.31. The van der Waals surface area contributed by atoms with Gasteiger partial charge in [-0.15, -0.1) is 0 Å². The van der Waals surface area contributed by atoms with Crippen LogP contribution >= 0.6 is 0 Å². The van der Waals surface area contributed by atoms with Crippen molar-refractivity contribution < 1.29 is 9.47 Å². The molecule has 0 saturated carbocycles. The summed E-state index contributed by atoms with van der Waals surface area (Å²) in [6.45, 7) is 7.25. The van der Waals surface area contributed by atoms with Crippen molar-refractivity contribution in [1.82, 2.24) is 4.90 Å². The largest absolute Gasteiger partial charge is 0.454 e. The van der Waals surface area contributed by atoms with E-state index in [1.807, 2.05) is 6.07 Å². The van der Waals surface area contributed by atoms with Gasteiger partial charge in [0.05, 0.1) is 0 Å². The molecule has 0 saturated heterocycles. The van der Waals surface area contributed by atoms with E-state index in [-0.39, 0.29) is 0 Å². The molecule has 0 fully saturated rings. The van der Waals surface area contributed by atoms with Crippen molar-refractivity contribution in [2.45, 2.75) is 19.9 Å². The fourth-order valence-electron chi connectivity index (χ4n) is 2.18. The van der Waals surface area contributed by atoms with Gasteiger partial charge in [0.15, 0.2) is 11.5 Å². The molecule has 0 spiro atoms. The second-order valence-electron chi connectivity index (χ2n) is 4.21. The Kier molecular flexibility index (Phi) is 3.86. The van der Waals surface area contributed by atoms with E-state index < -0.39 is 0 Å². The molecule has 4 heteroatoms. The summed E-state index contributed by atoms with van der Waals surface area (Å²) in [7, 11) is 0. The molecule has 2 N–H and O–H groups in total. The zero-order valence-electron chi connectivity index (χ0n) is 10.5. The van der Waals surface area contributed by atoms with Gasteiger partial charge in [0.2, 0.25) is 6.79 Å². The number of rotatable bonds is 5. The zero-order chi connectivity index (χ0) is 12.3. The van der Waals surface area contributed by atoms with Crippen LogP contribution in [0.3, 0.4) is 0 Å². The molecule has 0 aromatic heterocycles. The van der Waals surface area contributed by atoms with E-state index >= 15 is 0 Å². The highest BCUT2D eigenvalue weighted by Gasteiger charge is 2.18. The Morgan fingerprint density at radius 1 is 1.35 bits per heavy atom. The number of likely N-dealkylation sites (N-methyl/N-ethyl adjacent to an activating group) is 1. The van der Waals surface area contributed by atoms with Crippen molar-refractivity contribution in [1.29, 1.82) is 0 Å². The molecule has 17 heavy (non-hydrogen) atoms. The lowest BCUT2D eigenvalue weighted by atomic mass is 10.1. The lowest BCUT2D eigenvalue weighted by Gasteiger charge is -2.27. The summed E-state index contributed by atoms with van der Waals surface area (Å²) in [5.41, 5.74) is 6.87. The van der Waals surface area contributed by atoms with E-state index in [9.17, 15) is 0 Å². The standard InChI is InChI=1S/C13H20N2O2/c1-3-15(7-6-14)10(2)11-4-5-12-13(8-11)17-9-16-12/h4-5,8,10H,3,6-7,9,14H2,1-2H3/t10-/m0/s1. The van der Waals surface area contributed by atoms with Crippen LogP contribution in [0.25, 0.3) is 0 Å². The SMILES string of the molecule is CCN(CCN)[C@@H](C)c1ccc2c(c1)OCO2. The monoisotopic (exact) mass is 236 g/mol. The third kappa shape index (κ3) is 2.53. The minimum atomic E-state index is 0.327. The highest BCUT2D eigenvalue weighted by atomic mass is 16.7. The van der Waals surface area contributed by atoms with Crippen LogP contribution in [-0.4, -0.2) is 31.3 Å². The summed E-state index contributed by atoms with van der Waals surface area (Å²) < 4.78 is 10.7. The van der Waals surface area contributed by atoms with Gasteiger partial charge < -0.3 is 15.2 Å². The van der Waals surface area contributed by atoms with Crippen LogP contribution in [0, 0.1) is 0 Å². The molecule has 0 bridgehead atoms. The summed E-state index contributed by atoms with van der Waals surface area (Å²) >= 11 is 0. The fourth-order valence-corrected chi connectivity index (χ4v) is 2.18. The first-order valence-electron chi connectivity index (χ1n) is 6.10. The van der Waals surface area contributed by atoms with Gasteiger partial charge in [-0.1, -0.05) is 13.0 Å². The molecule has 1 aliphatic heterocycles. The molecule has 1 aliphatic rings. The van der Waals surface area contributed by atoms with E-state index in [2.05, 4.69) is 30.9 Å². The molecule has 1 atom stereocenters. The summed E-state index contributed by atoms with van der Waals surface area (Å²) in [4.78, 5) is 2.34. The van der Waals surface area contributed by atoms with E-state index in [0.29, 0.717) is 19.4 Å². The average molecular weight is 236 g/mol. The first-order valence-corrected chi connectivity index (χ1v) is 6.10. The van der Waals surface area contributed by atoms with Gasteiger partial charge in [-0.05, 0) is 31.2 Å². The number of benzene rings is 1. The number of nitrogens with zero attached hydrogens (tertiary/aromatic N) is 1. The maximum atomic E-state index is 5.62. The quantitative estimate of drug-likeness (QED) is 0.846. The number of hydrogen-bond donors (Lipinski definition) is 1. The number of hydrogen-bond acceptors (Lipinski definition) is 4. The van der Waals surface area contributed by atoms with Crippen LogP contribution < -0.4 is 15.2 Å². The summed E-state index contributed by atoms with van der Waals surface area (Å²) in [5.74, 6) is 1.68. The van der Waals surface area contributed by atoms with Gasteiger partial charge in [0.1, 0.15) is 0 Å². The van der Waals surface area contributed by atoms with Crippen molar-refractivity contribution >= 4 is 0 Å². The van der Waals surface area contributed by atoms with Crippen LogP contribution in [-0.2, 0) is 0 Å². The predicted molar refractivity (Wildman–Crippen MR) is 67.3 cm³/mol. The predicted octanol–water partition coefficient (Wildman–Crippen LogP) is 1.76. The summed E-state index contributed by atoms with van der Waals surface area (Å²) in [6.07, 6.45) is 0. The lowest BCUT2D eigenvalue weighted by molar-refractivity contribution is 0.173. The van der Waals surface area contributed by atoms with Crippen LogP contribution in [0.4, 0.5) is 0 Å². The highest BCUT2D eigenvalue weighted by molar-refractivity contribution is 5.45. The second kappa shape index (κ2) is 5.38. The van der Waals surface area contributed by atoms with Crippen LogP contribution in [0.15, 0.2) is 18.2 Å². The normalized spacial score (nSPS) is 15.3. The Hall–Kier alpha value is -1.26. The Labute approximate surface area is 102 Å². The molecule has 1 aromatic carbocycles. The summed E-state index contributed by atoms with van der Waals surface area (Å²) in [6, 6.07) is 6.48. The zero-order valence-corrected chi connectivity index (χ0v) is 10.5. The molecule has 0 amide bonds. The van der Waals surface area contributed by atoms with Gasteiger partial charge in [0.25, 0.3) is 0 Å². The van der Waals surface area contributed by atoms with Crippen molar-refractivity contribution in [2.75, 3.05) is 26.4 Å². The fraction of sp³-hybridized carbons (Fsp3) is 0.538. The number of fused-ring (bicyclic) bond motifs is 1. The third-order valence-corrected chi connectivity index (χ3v) is 3.25. The Morgan fingerprint density at radius 3 is 2.82 bits per heavy atom. The molecular formula is C13H20N2O2. The molecule has 1 aromatic rings. The minimum Gasteiger partial charge on any atom is -0.454 e. The van der Waals surface area contributed by atoms with Crippen molar-refractivity contribution in [3.05, 3.63) is 23.8 Å². The van der Waals surface area contributed by atoms with Gasteiger partial charge in [-0.2, -0.15) is 0 Å². The summed E-state index contributed by atoms with van der Waals surface area (Å²) in [5, 5.41) is 0. The Morgan fingerprint density at radius 2 is 2.12 bits per heavy atom. The minimum absolute atomic E-state index is 0.327. The topological polar surface area (TPSA) is 47.7 Å². The molecule has 0 unspecified atom stereocenters. The van der Waals surface area contributed by atoms with Gasteiger partial charge in [-0.3, -0.25) is 4.90 Å². The van der Waals surface area contributed by atoms with Crippen LogP contribution in [0.2, 0.25) is 0 Å².